The third kappa shape index (κ3) is 0.943. The van der Waals surface area contributed by atoms with Crippen molar-refractivity contribution in [2.24, 2.45) is 5.92 Å². The van der Waals surface area contributed by atoms with E-state index in [1.54, 1.807) is 0 Å². The molecule has 0 heterocycles. The first-order valence-electron chi connectivity index (χ1n) is 5.83. The third-order valence-electron chi connectivity index (χ3n) is 3.76. The van der Waals surface area contributed by atoms with Crippen LogP contribution in [0.1, 0.15) is 11.1 Å². The highest BCUT2D eigenvalue weighted by Gasteiger charge is 2.24. The Bertz CT molecular complexity index is 639. The van der Waals surface area contributed by atoms with Gasteiger partial charge in [-0.25, -0.2) is 0 Å². The van der Waals surface area contributed by atoms with Crippen LogP contribution < -0.4 is 0 Å². The quantitative estimate of drug-likeness (QED) is 0.609. The smallest absolute Gasteiger partial charge is 0.00678 e. The summed E-state index contributed by atoms with van der Waals surface area (Å²) in [5, 5.41) is 2.84. The third-order valence-corrected chi connectivity index (χ3v) is 3.76. The monoisotopic (exact) mass is 204 g/mol. The van der Waals surface area contributed by atoms with Gasteiger partial charge in [0.25, 0.3) is 0 Å². The van der Waals surface area contributed by atoms with Gasteiger partial charge in [-0.1, -0.05) is 54.6 Å². The molecule has 2 aliphatic carbocycles. The van der Waals surface area contributed by atoms with Crippen LogP contribution in [0.25, 0.3) is 16.3 Å². The lowest BCUT2D eigenvalue weighted by molar-refractivity contribution is 0.830. The zero-order chi connectivity index (χ0) is 10.5. The molecule has 0 saturated carbocycles. The van der Waals surface area contributed by atoms with E-state index in [-0.39, 0.29) is 0 Å². The Labute approximate surface area is 94.9 Å². The molecule has 4 rings (SSSR count). The van der Waals surface area contributed by atoms with Crippen molar-refractivity contribution in [3.05, 3.63) is 65.8 Å². The molecule has 2 aromatic carbocycles. The maximum absolute atomic E-state index is 2.32. The molecule has 1 atom stereocenters. The summed E-state index contributed by atoms with van der Waals surface area (Å²) >= 11 is 0. The number of hydrogen-bond acceptors (Lipinski definition) is 0. The fraction of sp³-hybridized carbons (Fsp3) is 0.125. The molecule has 0 heteroatoms. The van der Waals surface area contributed by atoms with Crippen LogP contribution in [0, 0.1) is 5.92 Å². The maximum atomic E-state index is 2.32. The first-order valence-corrected chi connectivity index (χ1v) is 5.83. The van der Waals surface area contributed by atoms with Crippen molar-refractivity contribution in [1.29, 1.82) is 0 Å². The van der Waals surface area contributed by atoms with Gasteiger partial charge in [-0.3, -0.25) is 0 Å². The lowest BCUT2D eigenvalue weighted by Crippen LogP contribution is -2.09. The second-order valence-corrected chi connectivity index (χ2v) is 4.64. The van der Waals surface area contributed by atoms with Crippen molar-refractivity contribution >= 4 is 16.3 Å². The van der Waals surface area contributed by atoms with Gasteiger partial charge >= 0.3 is 0 Å². The van der Waals surface area contributed by atoms with Crippen LogP contribution in [0.5, 0.6) is 0 Å². The van der Waals surface area contributed by atoms with Crippen LogP contribution in [0.15, 0.2) is 54.6 Å². The summed E-state index contributed by atoms with van der Waals surface area (Å²) in [4.78, 5) is 0. The zero-order valence-corrected chi connectivity index (χ0v) is 8.98. The van der Waals surface area contributed by atoms with Crippen molar-refractivity contribution in [1.82, 2.24) is 0 Å². The van der Waals surface area contributed by atoms with Gasteiger partial charge in [0.2, 0.25) is 0 Å². The summed E-state index contributed by atoms with van der Waals surface area (Å²) in [6.45, 7) is 0. The van der Waals surface area contributed by atoms with Crippen LogP contribution in [-0.4, -0.2) is 0 Å². The van der Waals surface area contributed by atoms with E-state index < -0.39 is 0 Å². The molecular weight excluding hydrogens is 192 g/mol. The Hall–Kier alpha value is -1.82. The normalized spacial score (nSPS) is 21.0. The Morgan fingerprint density at radius 1 is 1.00 bits per heavy atom. The Morgan fingerprint density at radius 3 is 2.81 bits per heavy atom. The summed E-state index contributed by atoms with van der Waals surface area (Å²) in [5.41, 5.74) is 4.44. The predicted molar refractivity (Wildman–Crippen MR) is 68.3 cm³/mol. The van der Waals surface area contributed by atoms with Crippen LogP contribution in [0.4, 0.5) is 0 Å². The van der Waals surface area contributed by atoms with Gasteiger partial charge in [-0.05, 0) is 33.9 Å². The average Bonchev–Trinajstić information content (AvgIpc) is 2.78. The molecule has 76 valence electrons. The van der Waals surface area contributed by atoms with Crippen molar-refractivity contribution in [3.8, 4) is 0 Å². The minimum atomic E-state index is 0.612. The standard InChI is InChI=1S/C16H12/c1-4-11-5-2-9-15-14-8-3-6-12(14)10-13(7-1)16(11)15/h1-9,12H,10H2. The molecule has 0 aromatic heterocycles. The lowest BCUT2D eigenvalue weighted by Gasteiger charge is -2.24. The van der Waals surface area contributed by atoms with E-state index >= 15 is 0 Å². The van der Waals surface area contributed by atoms with E-state index in [1.165, 1.54) is 27.5 Å². The molecule has 0 saturated heterocycles. The SMILES string of the molecule is C1=CC2Cc3cccc4cccc(c34)C2=C1. The number of rotatable bonds is 0. The Morgan fingerprint density at radius 2 is 1.88 bits per heavy atom. The largest absolute Gasteiger partial charge is 0.0766 e. The molecule has 0 fully saturated rings. The lowest BCUT2D eigenvalue weighted by atomic mass is 9.80. The molecule has 0 bridgehead atoms. The predicted octanol–water partition coefficient (Wildman–Crippen LogP) is 3.97. The number of hydrogen-bond donors (Lipinski definition) is 0. The summed E-state index contributed by atoms with van der Waals surface area (Å²) in [6.07, 6.45) is 7.96. The molecule has 2 aromatic rings. The van der Waals surface area contributed by atoms with Crippen molar-refractivity contribution < 1.29 is 0 Å². The topological polar surface area (TPSA) is 0 Å². The molecule has 2 aliphatic rings. The molecule has 0 amide bonds. The number of fused-ring (bicyclic) bond motifs is 2. The molecule has 0 aliphatic heterocycles. The molecular formula is C16H12. The van der Waals surface area contributed by atoms with E-state index in [2.05, 4.69) is 54.6 Å². The van der Waals surface area contributed by atoms with E-state index in [4.69, 9.17) is 0 Å². The second kappa shape index (κ2) is 2.85. The van der Waals surface area contributed by atoms with E-state index in [0.717, 1.165) is 6.42 Å². The fourth-order valence-corrected chi connectivity index (χ4v) is 3.05. The Kier molecular flexibility index (Phi) is 1.49. The van der Waals surface area contributed by atoms with Crippen LogP contribution in [0.3, 0.4) is 0 Å². The zero-order valence-electron chi connectivity index (χ0n) is 8.98. The highest BCUT2D eigenvalue weighted by atomic mass is 14.3. The van der Waals surface area contributed by atoms with Crippen LogP contribution >= 0.6 is 0 Å². The molecule has 0 radical (unpaired) electrons. The van der Waals surface area contributed by atoms with Gasteiger partial charge in [0.05, 0.1) is 0 Å². The number of benzene rings is 2. The molecule has 1 unspecified atom stereocenters. The summed E-state index contributed by atoms with van der Waals surface area (Å²) in [6, 6.07) is 13.3. The van der Waals surface area contributed by atoms with Crippen molar-refractivity contribution in [3.63, 3.8) is 0 Å². The van der Waals surface area contributed by atoms with E-state index in [1.807, 2.05) is 0 Å². The van der Waals surface area contributed by atoms with E-state index in [9.17, 15) is 0 Å². The van der Waals surface area contributed by atoms with Crippen LogP contribution in [0.2, 0.25) is 0 Å². The minimum absolute atomic E-state index is 0.612. The van der Waals surface area contributed by atoms with Crippen molar-refractivity contribution in [2.45, 2.75) is 6.42 Å². The van der Waals surface area contributed by atoms with Gasteiger partial charge in [0.15, 0.2) is 0 Å². The second-order valence-electron chi connectivity index (χ2n) is 4.64. The highest BCUT2D eigenvalue weighted by Crippen LogP contribution is 2.41. The van der Waals surface area contributed by atoms with Crippen molar-refractivity contribution in [2.75, 3.05) is 0 Å². The summed E-state index contributed by atoms with van der Waals surface area (Å²) in [5.74, 6) is 0.612. The Balaban J connectivity index is 2.17. The fourth-order valence-electron chi connectivity index (χ4n) is 3.05. The number of allylic oxidation sites excluding steroid dienone is 4. The van der Waals surface area contributed by atoms with Gasteiger partial charge in [0.1, 0.15) is 0 Å². The van der Waals surface area contributed by atoms with Gasteiger partial charge < -0.3 is 0 Å². The minimum Gasteiger partial charge on any atom is -0.0766 e. The van der Waals surface area contributed by atoms with Crippen LogP contribution in [-0.2, 0) is 6.42 Å². The molecule has 16 heavy (non-hydrogen) atoms. The molecule has 0 N–H and O–H groups in total. The first-order chi connectivity index (χ1) is 7.93. The van der Waals surface area contributed by atoms with E-state index in [0.29, 0.717) is 5.92 Å². The molecule has 0 nitrogen and oxygen atoms in total. The van der Waals surface area contributed by atoms with Gasteiger partial charge in [-0.15, -0.1) is 0 Å². The first kappa shape index (κ1) is 8.35. The summed E-state index contributed by atoms with van der Waals surface area (Å²) in [7, 11) is 0. The highest BCUT2D eigenvalue weighted by molar-refractivity contribution is 5.99. The summed E-state index contributed by atoms with van der Waals surface area (Å²) < 4.78 is 0. The average molecular weight is 204 g/mol. The van der Waals surface area contributed by atoms with Gasteiger partial charge in [-0.2, -0.15) is 0 Å². The maximum Gasteiger partial charge on any atom is 0.00678 e. The molecule has 0 spiro atoms. The van der Waals surface area contributed by atoms with Gasteiger partial charge in [0, 0.05) is 5.92 Å².